The van der Waals surface area contributed by atoms with Crippen LogP contribution in [-0.4, -0.2) is 43.8 Å². The number of hydrogen-bond acceptors (Lipinski definition) is 5. The summed E-state index contributed by atoms with van der Waals surface area (Å²) in [7, 11) is 0. The van der Waals surface area contributed by atoms with Gasteiger partial charge in [-0.1, -0.05) is 27.4 Å². The summed E-state index contributed by atoms with van der Waals surface area (Å²) in [4.78, 5) is 11.5. The van der Waals surface area contributed by atoms with Gasteiger partial charge in [0.15, 0.2) is 6.29 Å². The number of aliphatic hydroxyl groups is 1. The molecule has 0 unspecified atom stereocenters. The summed E-state index contributed by atoms with van der Waals surface area (Å²) in [5.41, 5.74) is -0.394. The smallest absolute Gasteiger partial charge is 0.333 e. The summed E-state index contributed by atoms with van der Waals surface area (Å²) in [5.74, 6) is -0.393. The summed E-state index contributed by atoms with van der Waals surface area (Å²) >= 11 is 0. The summed E-state index contributed by atoms with van der Waals surface area (Å²) in [6, 6.07) is 0. The normalized spacial score (nSPS) is 27.1. The summed E-state index contributed by atoms with van der Waals surface area (Å²) < 4.78 is 16.7. The Kier molecular flexibility index (Phi) is 5.74. The number of hydrogen-bond donors (Lipinski definition) is 1. The zero-order valence-electron chi connectivity index (χ0n) is 12.9. The Labute approximate surface area is 120 Å². The molecule has 0 atom stereocenters. The second-order valence-electron chi connectivity index (χ2n) is 6.31. The van der Waals surface area contributed by atoms with E-state index < -0.39 is 17.7 Å². The predicted molar refractivity (Wildman–Crippen MR) is 75.1 cm³/mol. The Hall–Kier alpha value is -0.910. The SMILES string of the molecule is C=C(C)C(=O)OCC1(CC)COC(C(C)(C)CO)OC1. The molecule has 1 N–H and O–H groups in total. The zero-order valence-corrected chi connectivity index (χ0v) is 12.9. The first-order valence-corrected chi connectivity index (χ1v) is 6.93. The Morgan fingerprint density at radius 3 is 2.40 bits per heavy atom. The van der Waals surface area contributed by atoms with Crippen molar-refractivity contribution in [2.45, 2.75) is 40.4 Å². The minimum atomic E-state index is -0.450. The molecule has 0 aliphatic carbocycles. The van der Waals surface area contributed by atoms with Gasteiger partial charge in [0, 0.05) is 11.0 Å². The van der Waals surface area contributed by atoms with E-state index in [1.165, 1.54) is 0 Å². The van der Waals surface area contributed by atoms with E-state index in [-0.39, 0.29) is 18.6 Å². The molecular formula is C15H26O5. The number of esters is 1. The van der Waals surface area contributed by atoms with E-state index in [4.69, 9.17) is 14.2 Å². The minimum Gasteiger partial charge on any atom is -0.462 e. The maximum atomic E-state index is 11.5. The molecule has 1 aliphatic rings. The van der Waals surface area contributed by atoms with Crippen molar-refractivity contribution < 1.29 is 24.1 Å². The molecule has 1 aliphatic heterocycles. The lowest BCUT2D eigenvalue weighted by molar-refractivity contribution is -0.279. The van der Waals surface area contributed by atoms with Gasteiger partial charge in [0.1, 0.15) is 6.61 Å². The highest BCUT2D eigenvalue weighted by Crippen LogP contribution is 2.34. The molecule has 0 bridgehead atoms. The molecule has 1 saturated heterocycles. The number of ether oxygens (including phenoxy) is 3. The van der Waals surface area contributed by atoms with Crippen LogP contribution in [-0.2, 0) is 19.0 Å². The lowest BCUT2D eigenvalue weighted by atomic mass is 9.85. The molecule has 20 heavy (non-hydrogen) atoms. The van der Waals surface area contributed by atoms with Crippen LogP contribution in [0, 0.1) is 10.8 Å². The Morgan fingerprint density at radius 1 is 1.45 bits per heavy atom. The summed E-state index contributed by atoms with van der Waals surface area (Å²) in [6.45, 7) is 12.1. The average molecular weight is 286 g/mol. The third-order valence-corrected chi connectivity index (χ3v) is 3.74. The Balaban J connectivity index is 2.58. The average Bonchev–Trinajstić information content (AvgIpc) is 2.45. The predicted octanol–water partition coefficient (Wildman–Crippen LogP) is 1.89. The highest BCUT2D eigenvalue weighted by atomic mass is 16.7. The van der Waals surface area contributed by atoms with Crippen molar-refractivity contribution in [3.8, 4) is 0 Å². The molecule has 1 rings (SSSR count). The minimum absolute atomic E-state index is 0.0125. The van der Waals surface area contributed by atoms with Crippen LogP contribution in [0.25, 0.3) is 0 Å². The van der Waals surface area contributed by atoms with Gasteiger partial charge < -0.3 is 19.3 Å². The van der Waals surface area contributed by atoms with Crippen LogP contribution in [0.2, 0.25) is 0 Å². The van der Waals surface area contributed by atoms with E-state index in [0.29, 0.717) is 18.8 Å². The highest BCUT2D eigenvalue weighted by Gasteiger charge is 2.42. The third kappa shape index (κ3) is 4.04. The van der Waals surface area contributed by atoms with Gasteiger partial charge in [-0.15, -0.1) is 0 Å². The fraction of sp³-hybridized carbons (Fsp3) is 0.800. The zero-order chi connectivity index (χ0) is 15.4. The Morgan fingerprint density at radius 2 is 2.00 bits per heavy atom. The van der Waals surface area contributed by atoms with E-state index in [0.717, 1.165) is 6.42 Å². The molecule has 1 heterocycles. The highest BCUT2D eigenvalue weighted by molar-refractivity contribution is 5.86. The van der Waals surface area contributed by atoms with Gasteiger partial charge in [0.05, 0.1) is 25.2 Å². The van der Waals surface area contributed by atoms with Crippen molar-refractivity contribution in [1.82, 2.24) is 0 Å². The van der Waals surface area contributed by atoms with Crippen LogP contribution in [0.4, 0.5) is 0 Å². The molecule has 0 amide bonds. The maximum absolute atomic E-state index is 11.5. The monoisotopic (exact) mass is 286 g/mol. The van der Waals surface area contributed by atoms with Gasteiger partial charge in [-0.05, 0) is 13.3 Å². The van der Waals surface area contributed by atoms with Crippen molar-refractivity contribution in [3.63, 3.8) is 0 Å². The molecule has 0 saturated carbocycles. The first-order valence-electron chi connectivity index (χ1n) is 6.93. The number of rotatable bonds is 6. The number of carbonyl (C=O) groups excluding carboxylic acids is 1. The first kappa shape index (κ1) is 17.1. The number of carbonyl (C=O) groups is 1. The van der Waals surface area contributed by atoms with E-state index in [1.54, 1.807) is 6.92 Å². The largest absolute Gasteiger partial charge is 0.462 e. The Bertz CT molecular complexity index is 353. The van der Waals surface area contributed by atoms with Crippen LogP contribution < -0.4 is 0 Å². The maximum Gasteiger partial charge on any atom is 0.333 e. The molecule has 0 radical (unpaired) electrons. The van der Waals surface area contributed by atoms with Crippen molar-refractivity contribution in [2.24, 2.45) is 10.8 Å². The van der Waals surface area contributed by atoms with Gasteiger partial charge >= 0.3 is 5.97 Å². The van der Waals surface area contributed by atoms with E-state index in [1.807, 2.05) is 20.8 Å². The van der Waals surface area contributed by atoms with Crippen molar-refractivity contribution >= 4 is 5.97 Å². The van der Waals surface area contributed by atoms with Crippen LogP contribution in [0.3, 0.4) is 0 Å². The molecule has 0 spiro atoms. The molecule has 0 aromatic heterocycles. The fourth-order valence-electron chi connectivity index (χ4n) is 1.85. The van der Waals surface area contributed by atoms with Crippen molar-refractivity contribution in [1.29, 1.82) is 0 Å². The quantitative estimate of drug-likeness (QED) is 0.596. The van der Waals surface area contributed by atoms with Crippen molar-refractivity contribution in [3.05, 3.63) is 12.2 Å². The van der Waals surface area contributed by atoms with E-state index in [9.17, 15) is 9.90 Å². The standard InChI is InChI=1S/C15H26O5/c1-6-15(8-18-12(17)11(2)3)9-19-13(20-10-15)14(4,5)7-16/h13,16H,2,6-10H2,1,3-5H3. The molecule has 0 aromatic rings. The van der Waals surface area contributed by atoms with Gasteiger partial charge in [-0.3, -0.25) is 0 Å². The lowest BCUT2D eigenvalue weighted by Gasteiger charge is -2.43. The first-order chi connectivity index (χ1) is 9.26. The van der Waals surface area contributed by atoms with Gasteiger partial charge in [-0.2, -0.15) is 0 Å². The summed E-state index contributed by atoms with van der Waals surface area (Å²) in [5, 5.41) is 9.33. The lowest BCUT2D eigenvalue weighted by Crippen LogP contribution is -2.50. The molecule has 1 fully saturated rings. The second kappa shape index (κ2) is 6.70. The molecule has 0 aromatic carbocycles. The van der Waals surface area contributed by atoms with Crippen LogP contribution in [0.15, 0.2) is 12.2 Å². The van der Waals surface area contributed by atoms with Gasteiger partial charge in [0.25, 0.3) is 0 Å². The second-order valence-corrected chi connectivity index (χ2v) is 6.31. The van der Waals surface area contributed by atoms with Gasteiger partial charge in [0.2, 0.25) is 0 Å². The third-order valence-electron chi connectivity index (χ3n) is 3.74. The molecule has 5 nitrogen and oxygen atoms in total. The van der Waals surface area contributed by atoms with Crippen molar-refractivity contribution in [2.75, 3.05) is 26.4 Å². The van der Waals surface area contributed by atoms with E-state index in [2.05, 4.69) is 6.58 Å². The van der Waals surface area contributed by atoms with Crippen LogP contribution >= 0.6 is 0 Å². The topological polar surface area (TPSA) is 65.0 Å². The molecular weight excluding hydrogens is 260 g/mol. The molecule has 5 heteroatoms. The fourth-order valence-corrected chi connectivity index (χ4v) is 1.85. The molecule has 116 valence electrons. The van der Waals surface area contributed by atoms with Crippen LogP contribution in [0.1, 0.15) is 34.1 Å². The van der Waals surface area contributed by atoms with Crippen LogP contribution in [0.5, 0.6) is 0 Å². The van der Waals surface area contributed by atoms with Gasteiger partial charge in [-0.25, -0.2) is 4.79 Å². The summed E-state index contributed by atoms with van der Waals surface area (Å²) in [6.07, 6.45) is 0.340. The van der Waals surface area contributed by atoms with E-state index >= 15 is 0 Å². The number of aliphatic hydroxyl groups excluding tert-OH is 1.